The van der Waals surface area contributed by atoms with Gasteiger partial charge in [0.1, 0.15) is 0 Å². The lowest BCUT2D eigenvalue weighted by Gasteiger charge is -2.24. The molecule has 0 atom stereocenters. The van der Waals surface area contributed by atoms with Gasteiger partial charge in [-0.05, 0) is 26.7 Å². The number of rotatable bonds is 6. The molecule has 86 valence electrons. The van der Waals surface area contributed by atoms with Crippen LogP contribution in [0.15, 0.2) is 0 Å². The third-order valence-electron chi connectivity index (χ3n) is 2.20. The Morgan fingerprint density at radius 1 is 1.40 bits per heavy atom. The van der Waals surface area contributed by atoms with Crippen molar-refractivity contribution in [2.75, 3.05) is 6.54 Å². The van der Waals surface area contributed by atoms with Gasteiger partial charge in [0, 0.05) is 11.6 Å². The van der Waals surface area contributed by atoms with Crippen molar-refractivity contribution in [1.82, 2.24) is 10.6 Å². The zero-order valence-electron chi connectivity index (χ0n) is 9.17. The van der Waals surface area contributed by atoms with Gasteiger partial charge in [0.25, 0.3) is 0 Å². The summed E-state index contributed by atoms with van der Waals surface area (Å²) >= 11 is 0. The average Bonchev–Trinajstić information content (AvgIpc) is 2.79. The molecule has 1 fully saturated rings. The van der Waals surface area contributed by atoms with E-state index in [4.69, 9.17) is 5.11 Å². The number of amides is 1. The summed E-state index contributed by atoms with van der Waals surface area (Å²) in [5, 5.41) is 14.4. The van der Waals surface area contributed by atoms with Crippen molar-refractivity contribution >= 4 is 11.9 Å². The Hall–Kier alpha value is -1.10. The van der Waals surface area contributed by atoms with Crippen LogP contribution in [0.5, 0.6) is 0 Å². The number of hydrogen-bond donors (Lipinski definition) is 3. The Balaban J connectivity index is 2.24. The summed E-state index contributed by atoms with van der Waals surface area (Å²) in [5.74, 6) is -1.05. The molecule has 5 nitrogen and oxygen atoms in total. The van der Waals surface area contributed by atoms with Crippen molar-refractivity contribution < 1.29 is 14.7 Å². The van der Waals surface area contributed by atoms with Gasteiger partial charge >= 0.3 is 5.97 Å². The molecule has 1 amide bonds. The molecule has 1 rings (SSSR count). The summed E-state index contributed by atoms with van der Waals surface area (Å²) in [5.41, 5.74) is -0.686. The first-order valence-electron chi connectivity index (χ1n) is 5.15. The Kier molecular flexibility index (Phi) is 3.68. The second-order valence-electron chi connectivity index (χ2n) is 4.66. The van der Waals surface area contributed by atoms with Gasteiger partial charge in [-0.15, -0.1) is 0 Å². The highest BCUT2D eigenvalue weighted by Gasteiger charge is 2.25. The SMILES string of the molecule is CC(C)(CC(=O)O)NC(=O)CNC1CC1. The number of carbonyl (C=O) groups excluding carboxylic acids is 1. The zero-order chi connectivity index (χ0) is 11.5. The van der Waals surface area contributed by atoms with Gasteiger partial charge in [-0.2, -0.15) is 0 Å². The smallest absolute Gasteiger partial charge is 0.305 e. The summed E-state index contributed by atoms with van der Waals surface area (Å²) in [6.07, 6.45) is 2.19. The Morgan fingerprint density at radius 3 is 2.47 bits per heavy atom. The lowest BCUT2D eigenvalue weighted by Crippen LogP contribution is -2.48. The van der Waals surface area contributed by atoms with Crippen molar-refractivity contribution in [2.24, 2.45) is 0 Å². The minimum Gasteiger partial charge on any atom is -0.481 e. The predicted octanol–water partition coefficient (Wildman–Crippen LogP) is 0.108. The molecule has 0 aromatic carbocycles. The molecule has 1 saturated carbocycles. The number of carboxylic acid groups (broad SMARTS) is 1. The van der Waals surface area contributed by atoms with Crippen LogP contribution >= 0.6 is 0 Å². The Bertz CT molecular complexity index is 259. The number of nitrogens with one attached hydrogen (secondary N) is 2. The summed E-state index contributed by atoms with van der Waals surface area (Å²) in [6, 6.07) is 0.485. The van der Waals surface area contributed by atoms with E-state index in [9.17, 15) is 9.59 Å². The first kappa shape index (κ1) is 12.0. The fourth-order valence-electron chi connectivity index (χ4n) is 1.37. The highest BCUT2D eigenvalue weighted by molar-refractivity contribution is 5.80. The van der Waals surface area contributed by atoms with Crippen LogP contribution in [-0.4, -0.2) is 35.1 Å². The summed E-state index contributed by atoms with van der Waals surface area (Å²) < 4.78 is 0. The highest BCUT2D eigenvalue weighted by Crippen LogP contribution is 2.18. The maximum absolute atomic E-state index is 11.4. The van der Waals surface area contributed by atoms with Crippen LogP contribution < -0.4 is 10.6 Å². The van der Waals surface area contributed by atoms with Crippen LogP contribution in [0.1, 0.15) is 33.1 Å². The molecule has 0 saturated heterocycles. The summed E-state index contributed by atoms with van der Waals surface area (Å²) in [7, 11) is 0. The molecule has 0 unspecified atom stereocenters. The van der Waals surface area contributed by atoms with E-state index >= 15 is 0 Å². The molecule has 5 heteroatoms. The standard InChI is InChI=1S/C10H18N2O3/c1-10(2,5-9(14)15)12-8(13)6-11-7-3-4-7/h7,11H,3-6H2,1-2H3,(H,12,13)(H,14,15). The summed E-state index contributed by atoms with van der Waals surface area (Å²) in [6.45, 7) is 3.68. The van der Waals surface area contributed by atoms with E-state index in [-0.39, 0.29) is 18.9 Å². The van der Waals surface area contributed by atoms with Gasteiger partial charge in [-0.25, -0.2) is 0 Å². The van der Waals surface area contributed by atoms with Crippen LogP contribution in [0.2, 0.25) is 0 Å². The molecular formula is C10H18N2O3. The van der Waals surface area contributed by atoms with Crippen molar-refractivity contribution in [3.05, 3.63) is 0 Å². The van der Waals surface area contributed by atoms with E-state index in [1.54, 1.807) is 13.8 Å². The molecule has 1 aliphatic carbocycles. The third kappa shape index (κ3) is 5.37. The first-order chi connectivity index (χ1) is 6.89. The number of hydrogen-bond acceptors (Lipinski definition) is 3. The molecule has 0 bridgehead atoms. The molecular weight excluding hydrogens is 196 g/mol. The van der Waals surface area contributed by atoms with Gasteiger partial charge in [-0.3, -0.25) is 9.59 Å². The topological polar surface area (TPSA) is 78.4 Å². The molecule has 15 heavy (non-hydrogen) atoms. The minimum absolute atomic E-state index is 0.0673. The quantitative estimate of drug-likeness (QED) is 0.586. The second-order valence-corrected chi connectivity index (χ2v) is 4.66. The van der Waals surface area contributed by atoms with Crippen LogP contribution in [0.4, 0.5) is 0 Å². The fourth-order valence-corrected chi connectivity index (χ4v) is 1.37. The average molecular weight is 214 g/mol. The zero-order valence-corrected chi connectivity index (χ0v) is 9.17. The molecule has 0 heterocycles. The maximum Gasteiger partial charge on any atom is 0.305 e. The van der Waals surface area contributed by atoms with Crippen LogP contribution in [0.3, 0.4) is 0 Å². The normalized spacial score (nSPS) is 16.1. The van der Waals surface area contributed by atoms with Crippen molar-refractivity contribution in [3.8, 4) is 0 Å². The molecule has 0 aromatic heterocycles. The molecule has 0 aliphatic heterocycles. The molecule has 0 aromatic rings. The van der Waals surface area contributed by atoms with E-state index < -0.39 is 11.5 Å². The van der Waals surface area contributed by atoms with Crippen molar-refractivity contribution in [2.45, 2.75) is 44.7 Å². The number of aliphatic carboxylic acids is 1. The lowest BCUT2D eigenvalue weighted by molar-refractivity contribution is -0.138. The van der Waals surface area contributed by atoms with Crippen molar-refractivity contribution in [1.29, 1.82) is 0 Å². The van der Waals surface area contributed by atoms with Crippen LogP contribution in [-0.2, 0) is 9.59 Å². The number of carboxylic acids is 1. The Morgan fingerprint density at radius 2 is 2.00 bits per heavy atom. The molecule has 3 N–H and O–H groups in total. The maximum atomic E-state index is 11.4. The van der Waals surface area contributed by atoms with E-state index in [1.807, 2.05) is 0 Å². The monoisotopic (exact) mass is 214 g/mol. The number of carbonyl (C=O) groups is 2. The van der Waals surface area contributed by atoms with E-state index in [1.165, 1.54) is 0 Å². The van der Waals surface area contributed by atoms with Crippen LogP contribution in [0, 0.1) is 0 Å². The van der Waals surface area contributed by atoms with Crippen LogP contribution in [0.25, 0.3) is 0 Å². The highest BCUT2D eigenvalue weighted by atomic mass is 16.4. The van der Waals surface area contributed by atoms with Gasteiger partial charge in [0.15, 0.2) is 0 Å². The molecule has 0 radical (unpaired) electrons. The fraction of sp³-hybridized carbons (Fsp3) is 0.800. The summed E-state index contributed by atoms with van der Waals surface area (Å²) in [4.78, 5) is 21.9. The molecule has 1 aliphatic rings. The Labute approximate surface area is 89.2 Å². The first-order valence-corrected chi connectivity index (χ1v) is 5.15. The van der Waals surface area contributed by atoms with Gasteiger partial charge in [-0.1, -0.05) is 0 Å². The largest absolute Gasteiger partial charge is 0.481 e. The van der Waals surface area contributed by atoms with Gasteiger partial charge < -0.3 is 15.7 Å². The predicted molar refractivity (Wildman–Crippen MR) is 55.5 cm³/mol. The molecule has 0 spiro atoms. The lowest BCUT2D eigenvalue weighted by atomic mass is 10.0. The van der Waals surface area contributed by atoms with E-state index in [0.29, 0.717) is 6.04 Å². The van der Waals surface area contributed by atoms with E-state index in [2.05, 4.69) is 10.6 Å². The van der Waals surface area contributed by atoms with E-state index in [0.717, 1.165) is 12.8 Å². The second kappa shape index (κ2) is 4.61. The van der Waals surface area contributed by atoms with Gasteiger partial charge in [0.2, 0.25) is 5.91 Å². The minimum atomic E-state index is -0.907. The third-order valence-corrected chi connectivity index (χ3v) is 2.20. The van der Waals surface area contributed by atoms with Gasteiger partial charge in [0.05, 0.1) is 13.0 Å². The van der Waals surface area contributed by atoms with Crippen molar-refractivity contribution in [3.63, 3.8) is 0 Å².